The molecule has 4 aromatic rings. The number of anilines is 1. The lowest BCUT2D eigenvalue weighted by Gasteiger charge is -2.20. The number of aromatic nitrogens is 1. The molecule has 0 fully saturated rings. The van der Waals surface area contributed by atoms with Crippen molar-refractivity contribution >= 4 is 39.9 Å². The molecule has 0 spiro atoms. The number of nitrogens with two attached hydrogens (primary N) is 1. The molecule has 30 heavy (non-hydrogen) atoms. The molecule has 0 aliphatic rings. The Bertz CT molecular complexity index is 1270. The minimum Gasteiger partial charge on any atom is -0.422 e. The summed E-state index contributed by atoms with van der Waals surface area (Å²) in [7, 11) is 0. The van der Waals surface area contributed by atoms with E-state index in [-0.39, 0.29) is 5.63 Å². The Morgan fingerprint density at radius 1 is 1.00 bits per heavy atom. The Hall–Kier alpha value is -3.38. The molecule has 0 aliphatic carbocycles. The van der Waals surface area contributed by atoms with E-state index < -0.39 is 0 Å². The third kappa shape index (κ3) is 3.74. The standard InChI is InChI=1S/C24H26N3O3/c1-3-26(4-2)19-11-9-17-15-18(24(28)30-22(17)16-19)10-12-23-27(14-13-25)20-7-5-6-8-21(20)29-23/h5-12,15-16H,3-4,13-14,25H2,1-2H3/q+1. The number of hydrogen-bond acceptors (Lipinski definition) is 5. The molecule has 0 radical (unpaired) electrons. The molecule has 2 heterocycles. The van der Waals surface area contributed by atoms with Gasteiger partial charge in [-0.2, -0.15) is 4.57 Å². The molecule has 0 saturated heterocycles. The highest BCUT2D eigenvalue weighted by atomic mass is 16.4. The summed E-state index contributed by atoms with van der Waals surface area (Å²) in [6.07, 6.45) is 3.52. The lowest BCUT2D eigenvalue weighted by molar-refractivity contribution is -0.675. The van der Waals surface area contributed by atoms with Gasteiger partial charge < -0.3 is 19.5 Å². The maximum atomic E-state index is 12.6. The smallest absolute Gasteiger partial charge is 0.374 e. The summed E-state index contributed by atoms with van der Waals surface area (Å²) in [5.41, 5.74) is 9.24. The summed E-state index contributed by atoms with van der Waals surface area (Å²) in [5.74, 6) is 0.637. The quantitative estimate of drug-likeness (QED) is 0.374. The van der Waals surface area contributed by atoms with Crippen LogP contribution in [0.15, 0.2) is 62.2 Å². The lowest BCUT2D eigenvalue weighted by atomic mass is 10.1. The molecule has 2 N–H and O–H groups in total. The predicted molar refractivity (Wildman–Crippen MR) is 120 cm³/mol. The minimum absolute atomic E-state index is 0.378. The largest absolute Gasteiger partial charge is 0.422 e. The van der Waals surface area contributed by atoms with Crippen LogP contribution < -0.4 is 20.8 Å². The van der Waals surface area contributed by atoms with Gasteiger partial charge in [0.2, 0.25) is 5.58 Å². The zero-order valence-corrected chi connectivity index (χ0v) is 17.3. The van der Waals surface area contributed by atoms with Crippen LogP contribution >= 0.6 is 0 Å². The van der Waals surface area contributed by atoms with Crippen molar-refractivity contribution in [2.75, 3.05) is 24.5 Å². The van der Waals surface area contributed by atoms with Crippen molar-refractivity contribution in [1.82, 2.24) is 0 Å². The fraction of sp³-hybridized carbons (Fsp3) is 0.250. The van der Waals surface area contributed by atoms with Gasteiger partial charge in [-0.05, 0) is 44.2 Å². The molecule has 6 heteroatoms. The van der Waals surface area contributed by atoms with Crippen molar-refractivity contribution in [3.63, 3.8) is 0 Å². The van der Waals surface area contributed by atoms with E-state index in [9.17, 15) is 4.79 Å². The van der Waals surface area contributed by atoms with Crippen LogP contribution in [0.1, 0.15) is 25.3 Å². The van der Waals surface area contributed by atoms with Gasteiger partial charge in [0.05, 0.1) is 18.2 Å². The van der Waals surface area contributed by atoms with Gasteiger partial charge in [-0.15, -0.1) is 0 Å². The topological polar surface area (TPSA) is 76.5 Å². The Morgan fingerprint density at radius 2 is 1.80 bits per heavy atom. The van der Waals surface area contributed by atoms with Gasteiger partial charge in [0.1, 0.15) is 5.58 Å². The van der Waals surface area contributed by atoms with Gasteiger partial charge in [0, 0.05) is 36.3 Å². The number of benzene rings is 2. The van der Waals surface area contributed by atoms with Gasteiger partial charge in [0.15, 0.2) is 6.54 Å². The van der Waals surface area contributed by atoms with E-state index in [1.54, 1.807) is 12.2 Å². The van der Waals surface area contributed by atoms with Crippen molar-refractivity contribution in [3.05, 3.63) is 70.4 Å². The summed E-state index contributed by atoms with van der Waals surface area (Å²) in [6, 6.07) is 15.6. The Kier molecular flexibility index (Phi) is 5.68. The molecule has 0 aliphatic heterocycles. The number of nitrogens with zero attached hydrogens (tertiary/aromatic N) is 2. The Balaban J connectivity index is 1.72. The van der Waals surface area contributed by atoms with E-state index in [4.69, 9.17) is 14.6 Å². The van der Waals surface area contributed by atoms with Crippen LogP contribution in [0.4, 0.5) is 5.69 Å². The highest BCUT2D eigenvalue weighted by molar-refractivity contribution is 5.83. The fourth-order valence-electron chi connectivity index (χ4n) is 3.72. The second-order valence-corrected chi connectivity index (χ2v) is 7.07. The first-order valence-electron chi connectivity index (χ1n) is 10.3. The Morgan fingerprint density at radius 3 is 2.57 bits per heavy atom. The monoisotopic (exact) mass is 404 g/mol. The Labute approximate surface area is 174 Å². The highest BCUT2D eigenvalue weighted by Gasteiger charge is 2.19. The van der Waals surface area contributed by atoms with E-state index in [1.807, 2.05) is 47.0 Å². The number of para-hydroxylation sites is 2. The third-order valence-electron chi connectivity index (χ3n) is 5.27. The molecule has 0 atom stereocenters. The van der Waals surface area contributed by atoms with Gasteiger partial charge in [-0.3, -0.25) is 0 Å². The number of oxazole rings is 1. The second kappa shape index (κ2) is 8.55. The number of rotatable bonds is 7. The first-order chi connectivity index (χ1) is 14.6. The SMILES string of the molecule is CCN(CC)c1ccc2cc(C=Cc3oc4ccccc4[n+]3CCN)c(=O)oc2c1. The predicted octanol–water partition coefficient (Wildman–Crippen LogP) is 3.80. The van der Waals surface area contributed by atoms with Crippen LogP contribution in [-0.4, -0.2) is 19.6 Å². The molecular weight excluding hydrogens is 378 g/mol. The number of hydrogen-bond donors (Lipinski definition) is 1. The van der Waals surface area contributed by atoms with Crippen LogP contribution in [0, 0.1) is 0 Å². The van der Waals surface area contributed by atoms with Crippen LogP contribution in [0.5, 0.6) is 0 Å². The molecule has 0 amide bonds. The molecule has 2 aromatic carbocycles. The third-order valence-corrected chi connectivity index (χ3v) is 5.27. The lowest BCUT2D eigenvalue weighted by Crippen LogP contribution is -2.38. The van der Waals surface area contributed by atoms with Crippen LogP contribution in [0.2, 0.25) is 0 Å². The fourth-order valence-corrected chi connectivity index (χ4v) is 3.72. The van der Waals surface area contributed by atoms with Gasteiger partial charge in [-0.1, -0.05) is 12.1 Å². The number of fused-ring (bicyclic) bond motifs is 2. The maximum Gasteiger partial charge on any atom is 0.374 e. The van der Waals surface area contributed by atoms with Crippen molar-refractivity contribution in [1.29, 1.82) is 0 Å². The molecule has 0 unspecified atom stereocenters. The second-order valence-electron chi connectivity index (χ2n) is 7.07. The summed E-state index contributed by atoms with van der Waals surface area (Å²) >= 11 is 0. The normalized spacial score (nSPS) is 11.7. The summed E-state index contributed by atoms with van der Waals surface area (Å²) in [4.78, 5) is 14.8. The van der Waals surface area contributed by atoms with E-state index >= 15 is 0 Å². The van der Waals surface area contributed by atoms with Crippen molar-refractivity contribution in [2.45, 2.75) is 20.4 Å². The summed E-state index contributed by atoms with van der Waals surface area (Å²) in [5, 5.41) is 0.879. The maximum absolute atomic E-state index is 12.6. The van der Waals surface area contributed by atoms with E-state index in [1.165, 1.54) is 0 Å². The van der Waals surface area contributed by atoms with E-state index in [0.29, 0.717) is 30.1 Å². The summed E-state index contributed by atoms with van der Waals surface area (Å²) < 4.78 is 13.6. The molecule has 0 saturated carbocycles. The molecule has 154 valence electrons. The molecule has 2 aromatic heterocycles. The highest BCUT2D eigenvalue weighted by Crippen LogP contribution is 2.22. The average Bonchev–Trinajstić information content (AvgIpc) is 3.11. The average molecular weight is 404 g/mol. The summed E-state index contributed by atoms with van der Waals surface area (Å²) in [6.45, 7) is 7.11. The molecule has 6 nitrogen and oxygen atoms in total. The first-order valence-corrected chi connectivity index (χ1v) is 10.3. The van der Waals surface area contributed by atoms with Crippen LogP contribution in [0.3, 0.4) is 0 Å². The van der Waals surface area contributed by atoms with Gasteiger partial charge >= 0.3 is 11.5 Å². The molecular formula is C24H26N3O3+. The van der Waals surface area contributed by atoms with Crippen molar-refractivity contribution in [2.24, 2.45) is 5.73 Å². The molecule has 0 bridgehead atoms. The zero-order valence-electron chi connectivity index (χ0n) is 17.3. The first kappa shape index (κ1) is 19.9. The van der Waals surface area contributed by atoms with Crippen LogP contribution in [-0.2, 0) is 6.54 Å². The van der Waals surface area contributed by atoms with Crippen molar-refractivity contribution in [3.8, 4) is 0 Å². The zero-order chi connectivity index (χ0) is 21.1. The van der Waals surface area contributed by atoms with E-state index in [2.05, 4.69) is 24.8 Å². The van der Waals surface area contributed by atoms with Crippen molar-refractivity contribution < 1.29 is 13.4 Å². The minimum atomic E-state index is -0.378. The van der Waals surface area contributed by atoms with Gasteiger partial charge in [0.25, 0.3) is 5.52 Å². The van der Waals surface area contributed by atoms with Crippen LogP contribution in [0.25, 0.3) is 34.2 Å². The van der Waals surface area contributed by atoms with E-state index in [0.717, 1.165) is 35.3 Å². The molecule has 4 rings (SSSR count). The van der Waals surface area contributed by atoms with Gasteiger partial charge in [-0.25, -0.2) is 4.79 Å².